The molecule has 29 heavy (non-hydrogen) atoms. The molecule has 3 heterocycles. The summed E-state index contributed by atoms with van der Waals surface area (Å²) in [6, 6.07) is 13.4. The van der Waals surface area contributed by atoms with Gasteiger partial charge in [-0.15, -0.1) is 22.7 Å². The third kappa shape index (κ3) is 4.23. The smallest absolute Gasteiger partial charge is 0.263 e. The van der Waals surface area contributed by atoms with E-state index in [-0.39, 0.29) is 18.0 Å². The molecule has 0 saturated heterocycles. The first-order valence-corrected chi connectivity index (χ1v) is 10.8. The molecule has 0 aliphatic heterocycles. The maximum Gasteiger partial charge on any atom is 0.263 e. The van der Waals surface area contributed by atoms with Gasteiger partial charge in [0.25, 0.3) is 5.56 Å². The fourth-order valence-corrected chi connectivity index (χ4v) is 4.62. The van der Waals surface area contributed by atoms with Gasteiger partial charge in [-0.2, -0.15) is 0 Å². The van der Waals surface area contributed by atoms with Crippen LogP contribution < -0.4 is 10.3 Å². The number of hydrogen-bond donors (Lipinski definition) is 0. The van der Waals surface area contributed by atoms with E-state index in [9.17, 15) is 9.59 Å². The first-order valence-electron chi connectivity index (χ1n) is 9.06. The second kappa shape index (κ2) is 8.59. The highest BCUT2D eigenvalue weighted by atomic mass is 32.1. The maximum atomic E-state index is 13.0. The summed E-state index contributed by atoms with van der Waals surface area (Å²) < 4.78 is 7.01. The number of para-hydroxylation sites is 1. The van der Waals surface area contributed by atoms with Crippen molar-refractivity contribution < 1.29 is 9.53 Å². The number of nitrogens with zero attached hydrogens (tertiary/aromatic N) is 3. The SMILES string of the molecule is CN(CCOc1ccccc1)C(=O)Cn1cnc2scc(-c3cccs3)c2c1=O. The highest BCUT2D eigenvalue weighted by Crippen LogP contribution is 2.33. The van der Waals surface area contributed by atoms with Crippen LogP contribution in [-0.4, -0.2) is 40.6 Å². The molecule has 6 nitrogen and oxygen atoms in total. The number of thiophene rings is 2. The number of fused-ring (bicyclic) bond motifs is 1. The summed E-state index contributed by atoms with van der Waals surface area (Å²) >= 11 is 3.02. The number of amides is 1. The molecule has 0 aliphatic rings. The van der Waals surface area contributed by atoms with Crippen molar-refractivity contribution in [3.63, 3.8) is 0 Å². The van der Waals surface area contributed by atoms with E-state index < -0.39 is 0 Å². The molecule has 8 heteroatoms. The Bertz CT molecular complexity index is 1170. The van der Waals surface area contributed by atoms with Crippen LogP contribution in [0.15, 0.2) is 64.3 Å². The van der Waals surface area contributed by atoms with Crippen LogP contribution in [0.25, 0.3) is 20.7 Å². The molecule has 4 aromatic rings. The number of ether oxygens (including phenoxy) is 1. The molecular formula is C21H19N3O3S2. The van der Waals surface area contributed by atoms with Gasteiger partial charge in [-0.3, -0.25) is 14.2 Å². The van der Waals surface area contributed by atoms with Crippen LogP contribution in [0, 0.1) is 0 Å². The number of hydrogen-bond acceptors (Lipinski definition) is 6. The summed E-state index contributed by atoms with van der Waals surface area (Å²) in [5.41, 5.74) is 0.686. The molecule has 0 spiro atoms. The highest BCUT2D eigenvalue weighted by molar-refractivity contribution is 7.18. The van der Waals surface area contributed by atoms with Crippen LogP contribution in [0.2, 0.25) is 0 Å². The van der Waals surface area contributed by atoms with Crippen LogP contribution >= 0.6 is 22.7 Å². The molecule has 0 radical (unpaired) electrons. The lowest BCUT2D eigenvalue weighted by atomic mass is 10.2. The summed E-state index contributed by atoms with van der Waals surface area (Å²) in [6.45, 7) is 0.756. The average Bonchev–Trinajstić information content (AvgIpc) is 3.40. The summed E-state index contributed by atoms with van der Waals surface area (Å²) in [6.07, 6.45) is 1.45. The Kier molecular flexibility index (Phi) is 5.73. The van der Waals surface area contributed by atoms with Gasteiger partial charge in [-0.25, -0.2) is 4.98 Å². The Labute approximate surface area is 175 Å². The van der Waals surface area contributed by atoms with Crippen molar-refractivity contribution in [1.29, 1.82) is 0 Å². The van der Waals surface area contributed by atoms with Crippen molar-refractivity contribution >= 4 is 38.8 Å². The van der Waals surface area contributed by atoms with E-state index in [1.807, 2.05) is 53.2 Å². The molecule has 148 valence electrons. The molecule has 1 aromatic carbocycles. The zero-order valence-corrected chi connectivity index (χ0v) is 17.4. The van der Waals surface area contributed by atoms with Crippen molar-refractivity contribution in [1.82, 2.24) is 14.5 Å². The third-order valence-corrected chi connectivity index (χ3v) is 6.31. The van der Waals surface area contributed by atoms with E-state index in [2.05, 4.69) is 4.98 Å². The number of carbonyl (C=O) groups excluding carboxylic acids is 1. The van der Waals surface area contributed by atoms with Crippen molar-refractivity contribution in [3.8, 4) is 16.2 Å². The van der Waals surface area contributed by atoms with E-state index in [1.165, 1.54) is 22.2 Å². The second-order valence-electron chi connectivity index (χ2n) is 6.46. The Morgan fingerprint density at radius 1 is 1.17 bits per heavy atom. The Morgan fingerprint density at radius 3 is 2.76 bits per heavy atom. The molecule has 4 rings (SSSR count). The number of carbonyl (C=O) groups is 1. The van der Waals surface area contributed by atoms with E-state index in [1.54, 1.807) is 23.3 Å². The zero-order chi connectivity index (χ0) is 20.2. The molecule has 0 bridgehead atoms. The Hall–Kier alpha value is -2.97. The quantitative estimate of drug-likeness (QED) is 0.453. The predicted octanol–water partition coefficient (Wildman–Crippen LogP) is 3.72. The molecule has 0 atom stereocenters. The molecule has 0 unspecified atom stereocenters. The number of benzene rings is 1. The minimum absolute atomic E-state index is 0.0522. The van der Waals surface area contributed by atoms with Gasteiger partial charge < -0.3 is 9.64 Å². The van der Waals surface area contributed by atoms with Crippen LogP contribution in [0.4, 0.5) is 0 Å². The maximum absolute atomic E-state index is 13.0. The van der Waals surface area contributed by atoms with Crippen molar-refractivity contribution in [2.45, 2.75) is 6.54 Å². The van der Waals surface area contributed by atoms with Gasteiger partial charge in [0.05, 0.1) is 18.3 Å². The molecular weight excluding hydrogens is 406 g/mol. The number of likely N-dealkylation sites (N-methyl/N-ethyl adjacent to an activating group) is 1. The fraction of sp³-hybridized carbons (Fsp3) is 0.190. The van der Waals surface area contributed by atoms with Gasteiger partial charge in [-0.05, 0) is 23.6 Å². The Morgan fingerprint density at radius 2 is 2.00 bits per heavy atom. The van der Waals surface area contributed by atoms with Crippen LogP contribution in [0.1, 0.15) is 0 Å². The summed E-state index contributed by atoms with van der Waals surface area (Å²) in [7, 11) is 1.70. The van der Waals surface area contributed by atoms with Crippen LogP contribution in [0.5, 0.6) is 5.75 Å². The molecule has 0 fully saturated rings. The molecule has 0 aliphatic carbocycles. The van der Waals surface area contributed by atoms with Crippen LogP contribution in [0.3, 0.4) is 0 Å². The molecule has 0 N–H and O–H groups in total. The van der Waals surface area contributed by atoms with Gasteiger partial charge in [0.1, 0.15) is 23.7 Å². The first-order chi connectivity index (χ1) is 14.1. The van der Waals surface area contributed by atoms with E-state index >= 15 is 0 Å². The lowest BCUT2D eigenvalue weighted by Crippen LogP contribution is -2.36. The second-order valence-corrected chi connectivity index (χ2v) is 8.27. The minimum atomic E-state index is -0.193. The Balaban J connectivity index is 1.46. The molecule has 1 amide bonds. The lowest BCUT2D eigenvalue weighted by Gasteiger charge is -2.18. The van der Waals surface area contributed by atoms with Gasteiger partial charge in [0.2, 0.25) is 5.91 Å². The van der Waals surface area contributed by atoms with Gasteiger partial charge >= 0.3 is 0 Å². The monoisotopic (exact) mass is 425 g/mol. The topological polar surface area (TPSA) is 64.4 Å². The largest absolute Gasteiger partial charge is 0.492 e. The van der Waals surface area contributed by atoms with Gasteiger partial charge in [0.15, 0.2) is 0 Å². The van der Waals surface area contributed by atoms with E-state index in [0.29, 0.717) is 23.4 Å². The predicted molar refractivity (Wildman–Crippen MR) is 117 cm³/mol. The number of aromatic nitrogens is 2. The fourth-order valence-electron chi connectivity index (χ4n) is 2.90. The van der Waals surface area contributed by atoms with Crippen LogP contribution in [-0.2, 0) is 11.3 Å². The standard InChI is InChI=1S/C21H19N3O3S2/c1-23(9-10-27-15-6-3-2-4-7-15)18(25)12-24-14-22-20-19(21(24)26)16(13-29-20)17-8-5-11-28-17/h2-8,11,13-14H,9-10,12H2,1H3. The van der Waals surface area contributed by atoms with Gasteiger partial charge in [-0.1, -0.05) is 24.3 Å². The lowest BCUT2D eigenvalue weighted by molar-refractivity contribution is -0.130. The summed E-state index contributed by atoms with van der Waals surface area (Å²) in [5, 5.41) is 4.50. The van der Waals surface area contributed by atoms with Crippen molar-refractivity contribution in [3.05, 3.63) is 69.9 Å². The third-order valence-electron chi connectivity index (χ3n) is 4.52. The molecule has 3 aromatic heterocycles. The van der Waals surface area contributed by atoms with Crippen molar-refractivity contribution in [2.75, 3.05) is 20.2 Å². The minimum Gasteiger partial charge on any atom is -0.492 e. The summed E-state index contributed by atoms with van der Waals surface area (Å²) in [5.74, 6) is 0.593. The molecule has 0 saturated carbocycles. The summed E-state index contributed by atoms with van der Waals surface area (Å²) in [4.78, 5) is 33.2. The van der Waals surface area contributed by atoms with E-state index in [0.717, 1.165) is 16.2 Å². The number of rotatable bonds is 7. The van der Waals surface area contributed by atoms with Gasteiger partial charge in [0, 0.05) is 22.9 Å². The van der Waals surface area contributed by atoms with E-state index in [4.69, 9.17) is 4.74 Å². The highest BCUT2D eigenvalue weighted by Gasteiger charge is 2.16. The first kappa shape index (κ1) is 19.4. The average molecular weight is 426 g/mol. The zero-order valence-electron chi connectivity index (χ0n) is 15.8. The normalized spacial score (nSPS) is 10.9. The van der Waals surface area contributed by atoms with Crippen molar-refractivity contribution in [2.24, 2.45) is 0 Å².